The van der Waals surface area contributed by atoms with Gasteiger partial charge in [0.1, 0.15) is 11.6 Å². The number of nitrogens with one attached hydrogen (secondary N) is 1. The number of ether oxygens (including phenoxy) is 1. The zero-order valence-electron chi connectivity index (χ0n) is 17.7. The average molecular weight is 420 g/mol. The molecule has 0 spiro atoms. The molecule has 3 aromatic rings. The molecule has 1 saturated heterocycles. The number of rotatable bonds is 4. The third kappa shape index (κ3) is 4.24. The maximum Gasteiger partial charge on any atom is 0.254 e. The van der Waals surface area contributed by atoms with Gasteiger partial charge in [0.2, 0.25) is 5.91 Å². The fourth-order valence-corrected chi connectivity index (χ4v) is 4.15. The summed E-state index contributed by atoms with van der Waals surface area (Å²) >= 11 is 0. The van der Waals surface area contributed by atoms with E-state index >= 15 is 0 Å². The smallest absolute Gasteiger partial charge is 0.254 e. The van der Waals surface area contributed by atoms with Crippen LogP contribution in [0.25, 0.3) is 10.8 Å². The van der Waals surface area contributed by atoms with E-state index in [1.54, 1.807) is 36.3 Å². The number of likely N-dealkylation sites (tertiary alicyclic amines) is 1. The molecule has 160 valence electrons. The fraction of sp³-hybridized carbons (Fsp3) is 0.280. The number of anilines is 1. The van der Waals surface area contributed by atoms with Gasteiger partial charge in [-0.15, -0.1) is 0 Å². The van der Waals surface area contributed by atoms with Crippen molar-refractivity contribution in [1.82, 2.24) is 4.90 Å². The molecule has 5 nitrogen and oxygen atoms in total. The zero-order valence-corrected chi connectivity index (χ0v) is 17.7. The number of halogens is 1. The molecule has 31 heavy (non-hydrogen) atoms. The van der Waals surface area contributed by atoms with Gasteiger partial charge in [-0.2, -0.15) is 0 Å². The minimum Gasteiger partial charge on any atom is -0.496 e. The summed E-state index contributed by atoms with van der Waals surface area (Å²) in [6.45, 7) is 2.73. The topological polar surface area (TPSA) is 58.6 Å². The molecule has 1 N–H and O–H groups in total. The van der Waals surface area contributed by atoms with E-state index in [0.717, 1.165) is 16.3 Å². The molecule has 1 atom stereocenters. The number of fused-ring (bicyclic) bond motifs is 1. The van der Waals surface area contributed by atoms with Crippen LogP contribution in [-0.4, -0.2) is 36.9 Å². The number of carbonyl (C=O) groups excluding carboxylic acids is 2. The van der Waals surface area contributed by atoms with Crippen LogP contribution in [0.15, 0.2) is 54.6 Å². The van der Waals surface area contributed by atoms with Gasteiger partial charge in [-0.1, -0.05) is 30.3 Å². The standard InChI is InChI=1S/C25H25FN2O3/c1-16-9-11-21(26)22(14-16)27-24(29)17-6-5-13-28(15-17)25(30)20-10-12-23(31-2)19-8-4-3-7-18(19)20/h3-4,7-12,14,17H,5-6,13,15H2,1-2H3,(H,27,29)/t17-/m1/s1. The Morgan fingerprint density at radius 1 is 1.10 bits per heavy atom. The highest BCUT2D eigenvalue weighted by molar-refractivity contribution is 6.08. The molecule has 1 fully saturated rings. The molecule has 6 heteroatoms. The molecule has 0 aliphatic carbocycles. The maximum atomic E-state index is 14.0. The second-order valence-electron chi connectivity index (χ2n) is 7.92. The fourth-order valence-electron chi connectivity index (χ4n) is 4.15. The Morgan fingerprint density at radius 2 is 1.87 bits per heavy atom. The first-order valence-electron chi connectivity index (χ1n) is 10.4. The van der Waals surface area contributed by atoms with E-state index in [0.29, 0.717) is 37.2 Å². The summed E-state index contributed by atoms with van der Waals surface area (Å²) in [6.07, 6.45) is 1.38. The van der Waals surface area contributed by atoms with E-state index in [4.69, 9.17) is 4.74 Å². The summed E-state index contributed by atoms with van der Waals surface area (Å²) in [5, 5.41) is 4.39. The minimum absolute atomic E-state index is 0.113. The molecule has 3 aromatic carbocycles. The summed E-state index contributed by atoms with van der Waals surface area (Å²) in [6, 6.07) is 15.8. The van der Waals surface area contributed by atoms with Crippen LogP contribution < -0.4 is 10.1 Å². The third-order valence-electron chi connectivity index (χ3n) is 5.79. The van der Waals surface area contributed by atoms with Crippen LogP contribution in [0.4, 0.5) is 10.1 Å². The van der Waals surface area contributed by atoms with Crippen LogP contribution in [-0.2, 0) is 4.79 Å². The SMILES string of the molecule is COc1ccc(C(=O)N2CCC[C@@H](C(=O)Nc3cc(C)ccc3F)C2)c2ccccc12. The summed E-state index contributed by atoms with van der Waals surface area (Å²) < 4.78 is 19.5. The zero-order chi connectivity index (χ0) is 22.0. The lowest BCUT2D eigenvalue weighted by Gasteiger charge is -2.32. The first-order valence-corrected chi connectivity index (χ1v) is 10.4. The molecular weight excluding hydrogens is 395 g/mol. The van der Waals surface area contributed by atoms with Gasteiger partial charge < -0.3 is 15.0 Å². The van der Waals surface area contributed by atoms with Gasteiger partial charge in [0.15, 0.2) is 0 Å². The van der Waals surface area contributed by atoms with Crippen molar-refractivity contribution in [2.45, 2.75) is 19.8 Å². The average Bonchev–Trinajstić information content (AvgIpc) is 2.80. The Balaban J connectivity index is 1.54. The highest BCUT2D eigenvalue weighted by Gasteiger charge is 2.30. The number of benzene rings is 3. The Kier molecular flexibility index (Phi) is 5.89. The lowest BCUT2D eigenvalue weighted by atomic mass is 9.95. The molecule has 2 amide bonds. The summed E-state index contributed by atoms with van der Waals surface area (Å²) in [5.41, 5.74) is 1.63. The normalized spacial score (nSPS) is 16.2. The van der Waals surface area contributed by atoms with E-state index in [1.165, 1.54) is 6.07 Å². The van der Waals surface area contributed by atoms with Gasteiger partial charge in [-0.05, 0) is 55.0 Å². The predicted octanol–water partition coefficient (Wildman–Crippen LogP) is 4.79. The van der Waals surface area contributed by atoms with Crippen molar-refractivity contribution in [2.75, 3.05) is 25.5 Å². The van der Waals surface area contributed by atoms with Crippen molar-refractivity contribution < 1.29 is 18.7 Å². The molecule has 0 unspecified atom stereocenters. The highest BCUT2D eigenvalue weighted by atomic mass is 19.1. The van der Waals surface area contributed by atoms with Crippen LogP contribution in [0.1, 0.15) is 28.8 Å². The van der Waals surface area contributed by atoms with Crippen molar-refractivity contribution in [3.05, 3.63) is 71.5 Å². The maximum absolute atomic E-state index is 14.0. The molecule has 1 aliphatic rings. The van der Waals surface area contributed by atoms with E-state index in [9.17, 15) is 14.0 Å². The lowest BCUT2D eigenvalue weighted by molar-refractivity contribution is -0.121. The molecule has 0 bridgehead atoms. The number of hydrogen-bond acceptors (Lipinski definition) is 3. The number of aryl methyl sites for hydroxylation is 1. The number of piperidine rings is 1. The Bertz CT molecular complexity index is 1140. The summed E-state index contributed by atoms with van der Waals surface area (Å²) in [4.78, 5) is 27.8. The van der Waals surface area contributed by atoms with Crippen molar-refractivity contribution in [3.8, 4) is 5.75 Å². The highest BCUT2D eigenvalue weighted by Crippen LogP contribution is 2.30. The van der Waals surface area contributed by atoms with Crippen LogP contribution in [0.2, 0.25) is 0 Å². The Labute approximate surface area is 180 Å². The van der Waals surface area contributed by atoms with Crippen LogP contribution in [0.3, 0.4) is 0 Å². The van der Waals surface area contributed by atoms with Gasteiger partial charge in [-0.3, -0.25) is 9.59 Å². The van der Waals surface area contributed by atoms with Crippen LogP contribution in [0.5, 0.6) is 5.75 Å². The predicted molar refractivity (Wildman–Crippen MR) is 119 cm³/mol. The first kappa shape index (κ1) is 20.8. The Morgan fingerprint density at radius 3 is 2.65 bits per heavy atom. The second kappa shape index (κ2) is 8.76. The summed E-state index contributed by atoms with van der Waals surface area (Å²) in [5.74, 6) is -0.516. The molecule has 1 aliphatic heterocycles. The Hall–Kier alpha value is -3.41. The number of amides is 2. The number of carbonyl (C=O) groups is 2. The van der Waals surface area contributed by atoms with Crippen LogP contribution >= 0.6 is 0 Å². The monoisotopic (exact) mass is 420 g/mol. The van der Waals surface area contributed by atoms with Gasteiger partial charge >= 0.3 is 0 Å². The molecular formula is C25H25FN2O3. The van der Waals surface area contributed by atoms with Gasteiger partial charge in [0, 0.05) is 24.0 Å². The van der Waals surface area contributed by atoms with E-state index in [1.807, 2.05) is 31.2 Å². The quantitative estimate of drug-likeness (QED) is 0.660. The van der Waals surface area contributed by atoms with E-state index in [2.05, 4.69) is 5.32 Å². The van der Waals surface area contributed by atoms with E-state index in [-0.39, 0.29) is 23.4 Å². The first-order chi connectivity index (χ1) is 15.0. The van der Waals surface area contributed by atoms with Crippen molar-refractivity contribution in [2.24, 2.45) is 5.92 Å². The number of methoxy groups -OCH3 is 1. The molecule has 1 heterocycles. The third-order valence-corrected chi connectivity index (χ3v) is 5.79. The van der Waals surface area contributed by atoms with Crippen molar-refractivity contribution in [1.29, 1.82) is 0 Å². The van der Waals surface area contributed by atoms with E-state index < -0.39 is 5.82 Å². The number of nitrogens with zero attached hydrogens (tertiary/aromatic N) is 1. The second-order valence-corrected chi connectivity index (χ2v) is 7.92. The minimum atomic E-state index is -0.465. The van der Waals surface area contributed by atoms with Gasteiger partial charge in [0.25, 0.3) is 5.91 Å². The lowest BCUT2D eigenvalue weighted by Crippen LogP contribution is -2.43. The van der Waals surface area contributed by atoms with Crippen LogP contribution in [0, 0.1) is 18.7 Å². The number of hydrogen-bond donors (Lipinski definition) is 1. The largest absolute Gasteiger partial charge is 0.496 e. The van der Waals surface area contributed by atoms with Crippen molar-refractivity contribution in [3.63, 3.8) is 0 Å². The molecule has 0 aromatic heterocycles. The molecule has 0 saturated carbocycles. The van der Waals surface area contributed by atoms with Gasteiger partial charge in [0.05, 0.1) is 18.7 Å². The molecule has 0 radical (unpaired) electrons. The molecule has 4 rings (SSSR count). The van der Waals surface area contributed by atoms with Gasteiger partial charge in [-0.25, -0.2) is 4.39 Å². The van der Waals surface area contributed by atoms with Crippen molar-refractivity contribution >= 4 is 28.3 Å². The summed E-state index contributed by atoms with van der Waals surface area (Å²) in [7, 11) is 1.61.